The lowest BCUT2D eigenvalue weighted by molar-refractivity contribution is -0.115. The van der Waals surface area contributed by atoms with E-state index in [0.717, 1.165) is 38.7 Å². The zero-order valence-corrected chi connectivity index (χ0v) is 19.7. The Bertz CT molecular complexity index is 1240. The van der Waals surface area contributed by atoms with Gasteiger partial charge in [0, 0.05) is 11.1 Å². The molecule has 0 aliphatic carbocycles. The van der Waals surface area contributed by atoms with Crippen LogP contribution in [0.4, 0.5) is 5.69 Å². The van der Waals surface area contributed by atoms with E-state index < -0.39 is 0 Å². The van der Waals surface area contributed by atoms with E-state index in [4.69, 9.17) is 14.5 Å². The van der Waals surface area contributed by atoms with Crippen molar-refractivity contribution in [1.29, 1.82) is 0 Å². The molecule has 0 aliphatic heterocycles. The van der Waals surface area contributed by atoms with E-state index >= 15 is 0 Å². The molecule has 0 radical (unpaired) electrons. The number of methoxy groups -OCH3 is 1. The minimum atomic E-state index is -0.274. The van der Waals surface area contributed by atoms with E-state index in [1.807, 2.05) is 92.7 Å². The average molecular weight is 459 g/mol. The van der Waals surface area contributed by atoms with Gasteiger partial charge in [0.15, 0.2) is 0 Å². The molecule has 1 amide bonds. The highest BCUT2D eigenvalue weighted by atomic mass is 32.2. The fourth-order valence-corrected chi connectivity index (χ4v) is 4.52. The molecule has 33 heavy (non-hydrogen) atoms. The van der Waals surface area contributed by atoms with E-state index in [-0.39, 0.29) is 11.2 Å². The quantitative estimate of drug-likeness (QED) is 0.293. The number of thioether (sulfide) groups is 1. The summed E-state index contributed by atoms with van der Waals surface area (Å²) in [5.74, 6) is 2.16. The number of amides is 1. The van der Waals surface area contributed by atoms with Gasteiger partial charge in [0.2, 0.25) is 5.91 Å². The Balaban J connectivity index is 1.45. The first-order valence-corrected chi connectivity index (χ1v) is 11.7. The molecule has 1 unspecified atom stereocenters. The summed E-state index contributed by atoms with van der Waals surface area (Å²) in [7, 11) is 1.64. The third kappa shape index (κ3) is 5.46. The highest BCUT2D eigenvalue weighted by Gasteiger charge is 2.20. The molecule has 0 bridgehead atoms. The van der Waals surface area contributed by atoms with Crippen molar-refractivity contribution in [3.8, 4) is 17.2 Å². The number of carbonyl (C=O) groups is 1. The molecule has 4 rings (SSSR count). The van der Waals surface area contributed by atoms with E-state index in [1.165, 1.54) is 11.8 Å². The summed E-state index contributed by atoms with van der Waals surface area (Å²) in [5.41, 5.74) is 2.64. The van der Waals surface area contributed by atoms with E-state index in [1.54, 1.807) is 7.11 Å². The van der Waals surface area contributed by atoms with E-state index in [9.17, 15) is 4.79 Å². The highest BCUT2D eigenvalue weighted by molar-refractivity contribution is 8.00. The molecule has 0 saturated heterocycles. The number of nitrogens with zero attached hydrogens (tertiary/aromatic N) is 1. The monoisotopic (exact) mass is 458 g/mol. The molecule has 1 atom stereocenters. The van der Waals surface area contributed by atoms with Gasteiger partial charge in [0.1, 0.15) is 22.8 Å². The van der Waals surface area contributed by atoms with Gasteiger partial charge in [-0.05, 0) is 67.4 Å². The van der Waals surface area contributed by atoms with Crippen molar-refractivity contribution in [1.82, 2.24) is 4.98 Å². The zero-order valence-electron chi connectivity index (χ0n) is 18.9. The van der Waals surface area contributed by atoms with Crippen molar-refractivity contribution in [2.45, 2.75) is 30.5 Å². The summed E-state index contributed by atoms with van der Waals surface area (Å²) in [6, 6.07) is 24.9. The molecule has 168 valence electrons. The number of benzene rings is 3. The van der Waals surface area contributed by atoms with E-state index in [2.05, 4.69) is 5.32 Å². The second-order valence-corrected chi connectivity index (χ2v) is 8.80. The summed E-state index contributed by atoms with van der Waals surface area (Å²) in [6.45, 7) is 4.05. The number of anilines is 1. The van der Waals surface area contributed by atoms with Crippen LogP contribution < -0.4 is 14.8 Å². The Morgan fingerprint density at radius 1 is 1.00 bits per heavy atom. The van der Waals surface area contributed by atoms with Crippen molar-refractivity contribution in [3.05, 3.63) is 84.4 Å². The smallest absolute Gasteiger partial charge is 0.237 e. The Labute approximate surface area is 198 Å². The summed E-state index contributed by atoms with van der Waals surface area (Å²) in [5, 5.41) is 4.59. The normalized spacial score (nSPS) is 11.7. The standard InChI is InChI=1S/C27H26N2O3S/c1-4-24(33-25-17-18(2)22-11-8-12-23(31-3)26(22)29-25)27(30)28-19-13-15-21(16-14-19)32-20-9-6-5-7-10-20/h5-17,24H,4H2,1-3H3,(H,28,30). The van der Waals surface area contributed by atoms with Gasteiger partial charge in [0.05, 0.1) is 17.4 Å². The van der Waals surface area contributed by atoms with Crippen molar-refractivity contribution in [3.63, 3.8) is 0 Å². The SMILES string of the molecule is CCC(Sc1cc(C)c2cccc(OC)c2n1)C(=O)Nc1ccc(Oc2ccccc2)cc1. The number of aryl methyl sites for hydroxylation is 1. The number of rotatable bonds is 8. The van der Waals surface area contributed by atoms with Gasteiger partial charge in [-0.2, -0.15) is 0 Å². The fraction of sp³-hybridized carbons (Fsp3) is 0.185. The maximum atomic E-state index is 13.0. The summed E-state index contributed by atoms with van der Waals surface area (Å²) in [6.07, 6.45) is 0.677. The second kappa shape index (κ2) is 10.4. The number of hydrogen-bond acceptors (Lipinski definition) is 5. The van der Waals surface area contributed by atoms with Crippen LogP contribution in [0.15, 0.2) is 83.9 Å². The first-order chi connectivity index (χ1) is 16.1. The number of aromatic nitrogens is 1. The molecule has 6 heteroatoms. The summed E-state index contributed by atoms with van der Waals surface area (Å²) in [4.78, 5) is 17.8. The molecule has 1 N–H and O–H groups in total. The molecule has 1 heterocycles. The first kappa shape index (κ1) is 22.7. The Morgan fingerprint density at radius 2 is 1.73 bits per heavy atom. The molecular weight excluding hydrogens is 432 g/mol. The predicted molar refractivity (Wildman–Crippen MR) is 135 cm³/mol. The predicted octanol–water partition coefficient (Wildman–Crippen LogP) is 6.85. The lowest BCUT2D eigenvalue weighted by atomic mass is 10.1. The molecule has 0 saturated carbocycles. The van der Waals surface area contributed by atoms with Crippen LogP contribution >= 0.6 is 11.8 Å². The third-order valence-electron chi connectivity index (χ3n) is 5.23. The Morgan fingerprint density at radius 3 is 2.42 bits per heavy atom. The van der Waals surface area contributed by atoms with Gasteiger partial charge >= 0.3 is 0 Å². The van der Waals surface area contributed by atoms with Crippen molar-refractivity contribution in [2.24, 2.45) is 0 Å². The zero-order chi connectivity index (χ0) is 23.2. The lowest BCUT2D eigenvalue weighted by Gasteiger charge is -2.16. The molecule has 4 aromatic rings. The second-order valence-electron chi connectivity index (χ2n) is 7.58. The number of carbonyl (C=O) groups excluding carboxylic acids is 1. The molecule has 1 aromatic heterocycles. The van der Waals surface area contributed by atoms with Crippen molar-refractivity contribution >= 4 is 34.3 Å². The number of nitrogens with one attached hydrogen (secondary N) is 1. The van der Waals surface area contributed by atoms with E-state index in [0.29, 0.717) is 12.2 Å². The number of fused-ring (bicyclic) bond motifs is 1. The summed E-state index contributed by atoms with van der Waals surface area (Å²) >= 11 is 1.47. The molecule has 5 nitrogen and oxygen atoms in total. The average Bonchev–Trinajstić information content (AvgIpc) is 2.84. The van der Waals surface area contributed by atoms with Crippen LogP contribution in [0, 0.1) is 6.92 Å². The van der Waals surface area contributed by atoms with Crippen LogP contribution in [0.2, 0.25) is 0 Å². The van der Waals surface area contributed by atoms with Crippen LogP contribution in [0.3, 0.4) is 0 Å². The molecule has 0 aliphatic rings. The van der Waals surface area contributed by atoms with Crippen molar-refractivity contribution in [2.75, 3.05) is 12.4 Å². The number of ether oxygens (including phenoxy) is 2. The maximum absolute atomic E-state index is 13.0. The number of para-hydroxylation sites is 2. The number of pyridine rings is 1. The molecular formula is C27H26N2O3S. The van der Waals surface area contributed by atoms with Crippen LogP contribution in [-0.4, -0.2) is 23.3 Å². The van der Waals surface area contributed by atoms with Gasteiger partial charge in [-0.15, -0.1) is 0 Å². The summed E-state index contributed by atoms with van der Waals surface area (Å²) < 4.78 is 11.3. The minimum absolute atomic E-state index is 0.0567. The van der Waals surface area contributed by atoms with Crippen LogP contribution in [0.1, 0.15) is 18.9 Å². The minimum Gasteiger partial charge on any atom is -0.494 e. The fourth-order valence-electron chi connectivity index (χ4n) is 3.51. The largest absolute Gasteiger partial charge is 0.494 e. The van der Waals surface area contributed by atoms with Crippen LogP contribution in [0.25, 0.3) is 10.9 Å². The highest BCUT2D eigenvalue weighted by Crippen LogP contribution is 2.32. The van der Waals surface area contributed by atoms with Gasteiger partial charge < -0.3 is 14.8 Å². The Hall–Kier alpha value is -3.51. The topological polar surface area (TPSA) is 60.5 Å². The number of hydrogen-bond donors (Lipinski definition) is 1. The lowest BCUT2D eigenvalue weighted by Crippen LogP contribution is -2.24. The van der Waals surface area contributed by atoms with Crippen molar-refractivity contribution < 1.29 is 14.3 Å². The Kier molecular flexibility index (Phi) is 7.15. The van der Waals surface area contributed by atoms with Gasteiger partial charge in [-0.3, -0.25) is 4.79 Å². The van der Waals surface area contributed by atoms with Gasteiger partial charge in [-0.25, -0.2) is 4.98 Å². The molecule has 0 fully saturated rings. The van der Waals surface area contributed by atoms with Gasteiger partial charge in [-0.1, -0.05) is 49.0 Å². The maximum Gasteiger partial charge on any atom is 0.237 e. The van der Waals surface area contributed by atoms with Gasteiger partial charge in [0.25, 0.3) is 0 Å². The molecule has 0 spiro atoms. The first-order valence-electron chi connectivity index (χ1n) is 10.8. The third-order valence-corrected chi connectivity index (χ3v) is 6.52. The molecule has 3 aromatic carbocycles. The van der Waals surface area contributed by atoms with Crippen LogP contribution in [-0.2, 0) is 4.79 Å². The van der Waals surface area contributed by atoms with Crippen LogP contribution in [0.5, 0.6) is 17.2 Å².